The van der Waals surface area contributed by atoms with Crippen LogP contribution in [0, 0.1) is 0 Å². The lowest BCUT2D eigenvalue weighted by atomic mass is 10.0. The Kier molecular flexibility index (Phi) is 2.45. The van der Waals surface area contributed by atoms with Gasteiger partial charge in [-0.25, -0.2) is 0 Å². The average molecular weight is 246 g/mol. The third-order valence-electron chi connectivity index (χ3n) is 2.99. The number of nitrogens with two attached hydrogens (primary N) is 1. The molecule has 0 aliphatic carbocycles. The summed E-state index contributed by atoms with van der Waals surface area (Å²) in [7, 11) is 0. The van der Waals surface area contributed by atoms with Crippen LogP contribution in [-0.4, -0.2) is 6.61 Å². The number of hydrogen-bond acceptors (Lipinski definition) is 2. The van der Waals surface area contributed by atoms with Crippen LogP contribution in [0.25, 0.3) is 11.1 Å². The van der Waals surface area contributed by atoms with E-state index < -0.39 is 0 Å². The number of fused-ring (bicyclic) bond motifs is 1. The smallest absolute Gasteiger partial charge is 0.122 e. The van der Waals surface area contributed by atoms with Gasteiger partial charge in [0.05, 0.1) is 11.6 Å². The maximum Gasteiger partial charge on any atom is 0.122 e. The van der Waals surface area contributed by atoms with Crippen LogP contribution >= 0.6 is 11.6 Å². The molecule has 0 aromatic heterocycles. The normalized spacial score (nSPS) is 13.2. The lowest BCUT2D eigenvalue weighted by Gasteiger charge is -2.07. The highest BCUT2D eigenvalue weighted by molar-refractivity contribution is 6.33. The first-order valence-electron chi connectivity index (χ1n) is 5.55. The van der Waals surface area contributed by atoms with Crippen molar-refractivity contribution in [3.05, 3.63) is 47.0 Å². The Bertz CT molecular complexity index is 580. The number of ether oxygens (including phenoxy) is 1. The van der Waals surface area contributed by atoms with Crippen LogP contribution in [0.3, 0.4) is 0 Å². The van der Waals surface area contributed by atoms with Crippen LogP contribution in [0.15, 0.2) is 36.4 Å². The van der Waals surface area contributed by atoms with E-state index in [0.29, 0.717) is 10.7 Å². The topological polar surface area (TPSA) is 35.2 Å². The number of halogens is 1. The van der Waals surface area contributed by atoms with Crippen molar-refractivity contribution in [1.29, 1.82) is 0 Å². The van der Waals surface area contributed by atoms with E-state index in [1.54, 1.807) is 6.07 Å². The van der Waals surface area contributed by atoms with E-state index in [1.165, 1.54) is 5.56 Å². The van der Waals surface area contributed by atoms with Crippen molar-refractivity contribution in [3.8, 4) is 16.9 Å². The third-order valence-corrected chi connectivity index (χ3v) is 3.31. The highest BCUT2D eigenvalue weighted by Gasteiger charge is 2.13. The summed E-state index contributed by atoms with van der Waals surface area (Å²) in [5.74, 6) is 0.986. The summed E-state index contributed by atoms with van der Waals surface area (Å²) in [6.07, 6.45) is 0.968. The molecule has 86 valence electrons. The fourth-order valence-electron chi connectivity index (χ4n) is 2.12. The van der Waals surface area contributed by atoms with E-state index >= 15 is 0 Å². The van der Waals surface area contributed by atoms with Gasteiger partial charge in [-0.3, -0.25) is 0 Å². The molecular weight excluding hydrogens is 234 g/mol. The minimum absolute atomic E-state index is 0.684. The Morgan fingerprint density at radius 1 is 1.12 bits per heavy atom. The Hall–Kier alpha value is -1.67. The van der Waals surface area contributed by atoms with Crippen LogP contribution < -0.4 is 10.5 Å². The highest BCUT2D eigenvalue weighted by atomic mass is 35.5. The summed E-state index contributed by atoms with van der Waals surface area (Å²) in [6.45, 7) is 0.772. The van der Waals surface area contributed by atoms with Gasteiger partial charge in [-0.1, -0.05) is 23.7 Å². The van der Waals surface area contributed by atoms with Gasteiger partial charge < -0.3 is 10.5 Å². The summed E-state index contributed by atoms with van der Waals surface area (Å²) in [5, 5.41) is 0.684. The van der Waals surface area contributed by atoms with Gasteiger partial charge in [-0.15, -0.1) is 0 Å². The summed E-state index contributed by atoms with van der Waals surface area (Å²) < 4.78 is 5.49. The maximum atomic E-state index is 6.20. The molecule has 2 aromatic rings. The first-order chi connectivity index (χ1) is 8.24. The van der Waals surface area contributed by atoms with Crippen molar-refractivity contribution >= 4 is 17.3 Å². The molecule has 17 heavy (non-hydrogen) atoms. The second kappa shape index (κ2) is 3.97. The maximum absolute atomic E-state index is 6.20. The molecule has 1 aliphatic rings. The largest absolute Gasteiger partial charge is 0.493 e. The monoisotopic (exact) mass is 245 g/mol. The number of anilines is 1. The number of hydrogen-bond donors (Lipinski definition) is 1. The van der Waals surface area contributed by atoms with E-state index in [4.69, 9.17) is 22.1 Å². The van der Waals surface area contributed by atoms with Crippen LogP contribution in [-0.2, 0) is 6.42 Å². The molecular formula is C14H12ClNO. The molecule has 3 rings (SSSR count). The Morgan fingerprint density at radius 2 is 2.00 bits per heavy atom. The molecule has 0 saturated carbocycles. The zero-order chi connectivity index (χ0) is 11.8. The lowest BCUT2D eigenvalue weighted by molar-refractivity contribution is 0.357. The molecule has 0 atom stereocenters. The van der Waals surface area contributed by atoms with Gasteiger partial charge >= 0.3 is 0 Å². The molecule has 0 fully saturated rings. The van der Waals surface area contributed by atoms with Gasteiger partial charge in [0.1, 0.15) is 5.75 Å². The van der Waals surface area contributed by atoms with Crippen LogP contribution in [0.5, 0.6) is 5.75 Å². The zero-order valence-electron chi connectivity index (χ0n) is 9.24. The van der Waals surface area contributed by atoms with Gasteiger partial charge in [0.2, 0.25) is 0 Å². The SMILES string of the molecule is Nc1ccc(-c2ccc3c(c2)CCO3)c(Cl)c1. The molecule has 2 aromatic carbocycles. The fourth-order valence-corrected chi connectivity index (χ4v) is 2.42. The van der Waals surface area contributed by atoms with Crippen LogP contribution in [0.1, 0.15) is 5.56 Å². The van der Waals surface area contributed by atoms with Crippen molar-refractivity contribution in [2.45, 2.75) is 6.42 Å². The minimum Gasteiger partial charge on any atom is -0.493 e. The molecule has 1 aliphatic heterocycles. The fraction of sp³-hybridized carbons (Fsp3) is 0.143. The summed E-state index contributed by atoms with van der Waals surface area (Å²) >= 11 is 6.20. The Balaban J connectivity index is 2.09. The summed E-state index contributed by atoms with van der Waals surface area (Å²) in [6, 6.07) is 11.8. The van der Waals surface area contributed by atoms with Gasteiger partial charge in [0, 0.05) is 17.7 Å². The second-order valence-corrected chi connectivity index (χ2v) is 4.57. The molecule has 1 heterocycles. The van der Waals surface area contributed by atoms with E-state index in [-0.39, 0.29) is 0 Å². The third kappa shape index (κ3) is 1.85. The van der Waals surface area contributed by atoms with Gasteiger partial charge in [0.25, 0.3) is 0 Å². The minimum atomic E-state index is 0.684. The van der Waals surface area contributed by atoms with Crippen molar-refractivity contribution in [3.63, 3.8) is 0 Å². The zero-order valence-corrected chi connectivity index (χ0v) is 10.00. The molecule has 2 nitrogen and oxygen atoms in total. The van der Waals surface area contributed by atoms with E-state index in [9.17, 15) is 0 Å². The molecule has 0 radical (unpaired) electrons. The standard InChI is InChI=1S/C14H12ClNO/c15-13-8-11(16)2-3-12(13)9-1-4-14-10(7-9)5-6-17-14/h1-4,7-8H,5-6,16H2. The first kappa shape index (κ1) is 10.5. The quantitative estimate of drug-likeness (QED) is 0.781. The van der Waals surface area contributed by atoms with Crippen molar-refractivity contribution in [1.82, 2.24) is 0 Å². The molecule has 3 heteroatoms. The molecule has 0 spiro atoms. The van der Waals surface area contributed by atoms with Gasteiger partial charge in [-0.05, 0) is 35.4 Å². The predicted octanol–water partition coefficient (Wildman–Crippen LogP) is 3.52. The number of benzene rings is 2. The van der Waals surface area contributed by atoms with E-state index in [2.05, 4.69) is 6.07 Å². The van der Waals surface area contributed by atoms with Crippen LogP contribution in [0.2, 0.25) is 5.02 Å². The average Bonchev–Trinajstić information content (AvgIpc) is 2.75. The molecule has 0 bridgehead atoms. The van der Waals surface area contributed by atoms with Gasteiger partial charge in [-0.2, -0.15) is 0 Å². The van der Waals surface area contributed by atoms with E-state index in [0.717, 1.165) is 29.9 Å². The predicted molar refractivity (Wildman–Crippen MR) is 70.5 cm³/mol. The summed E-state index contributed by atoms with van der Waals surface area (Å²) in [4.78, 5) is 0. The highest BCUT2D eigenvalue weighted by Crippen LogP contribution is 2.34. The molecule has 0 saturated heterocycles. The molecule has 0 unspecified atom stereocenters. The Labute approximate surface area is 105 Å². The van der Waals surface area contributed by atoms with E-state index in [1.807, 2.05) is 24.3 Å². The second-order valence-electron chi connectivity index (χ2n) is 4.16. The van der Waals surface area contributed by atoms with Crippen molar-refractivity contribution < 1.29 is 4.74 Å². The van der Waals surface area contributed by atoms with Crippen molar-refractivity contribution in [2.24, 2.45) is 0 Å². The first-order valence-corrected chi connectivity index (χ1v) is 5.93. The lowest BCUT2D eigenvalue weighted by Crippen LogP contribution is -1.87. The molecule has 2 N–H and O–H groups in total. The van der Waals surface area contributed by atoms with Crippen LogP contribution in [0.4, 0.5) is 5.69 Å². The number of nitrogen functional groups attached to an aromatic ring is 1. The summed E-state index contributed by atoms with van der Waals surface area (Å²) in [5.41, 5.74) is 9.74. The van der Waals surface area contributed by atoms with Crippen molar-refractivity contribution in [2.75, 3.05) is 12.3 Å². The molecule has 0 amide bonds. The van der Waals surface area contributed by atoms with Gasteiger partial charge in [0.15, 0.2) is 0 Å². The number of rotatable bonds is 1. The Morgan fingerprint density at radius 3 is 2.82 bits per heavy atom.